The zero-order chi connectivity index (χ0) is 10.0. The van der Waals surface area contributed by atoms with Crippen LogP contribution >= 0.6 is 11.3 Å². The van der Waals surface area contributed by atoms with Crippen molar-refractivity contribution in [2.75, 3.05) is 0 Å². The second kappa shape index (κ2) is 4.09. The molecule has 0 amide bonds. The van der Waals surface area contributed by atoms with E-state index in [1.54, 1.807) is 0 Å². The summed E-state index contributed by atoms with van der Waals surface area (Å²) in [5.74, 6) is 0.659. The van der Waals surface area contributed by atoms with Crippen LogP contribution in [0, 0.1) is 19.8 Å². The van der Waals surface area contributed by atoms with Gasteiger partial charge in [-0.15, -0.1) is 0 Å². The van der Waals surface area contributed by atoms with Gasteiger partial charge in [-0.2, -0.15) is 0 Å². The molecule has 0 saturated carbocycles. The van der Waals surface area contributed by atoms with Crippen molar-refractivity contribution in [2.45, 2.75) is 40.7 Å². The predicted molar refractivity (Wildman–Crippen MR) is 57.5 cm³/mol. The highest BCUT2D eigenvalue weighted by atomic mass is 32.1. The van der Waals surface area contributed by atoms with Crippen molar-refractivity contribution in [1.29, 1.82) is 0 Å². The van der Waals surface area contributed by atoms with Crippen LogP contribution in [0.5, 0.6) is 0 Å². The lowest BCUT2D eigenvalue weighted by atomic mass is 10.1. The first kappa shape index (κ1) is 10.5. The Bertz CT molecular complexity index is 335. The lowest BCUT2D eigenvalue weighted by molar-refractivity contribution is 0.506. The molecule has 0 atom stereocenters. The molecule has 13 heavy (non-hydrogen) atoms. The van der Waals surface area contributed by atoms with Crippen molar-refractivity contribution in [2.24, 2.45) is 5.92 Å². The summed E-state index contributed by atoms with van der Waals surface area (Å²) in [7, 11) is 0. The monoisotopic (exact) mass is 199 g/mol. The Labute approximate surface area is 83.2 Å². The van der Waals surface area contributed by atoms with E-state index in [1.165, 1.54) is 11.3 Å². The highest BCUT2D eigenvalue weighted by Gasteiger charge is 2.07. The number of hydrogen-bond acceptors (Lipinski definition) is 2. The van der Waals surface area contributed by atoms with E-state index >= 15 is 0 Å². The van der Waals surface area contributed by atoms with E-state index in [0.717, 1.165) is 23.5 Å². The van der Waals surface area contributed by atoms with Gasteiger partial charge in [0.15, 0.2) is 0 Å². The molecule has 0 spiro atoms. The normalized spacial score (nSPS) is 11.2. The first-order valence-electron chi connectivity index (χ1n) is 4.69. The predicted octanol–water partition coefficient (Wildman–Crippen LogP) is 2.57. The van der Waals surface area contributed by atoms with Crippen LogP contribution in [-0.2, 0) is 6.54 Å². The molecule has 0 aliphatic rings. The number of hydrogen-bond donors (Lipinski definition) is 0. The zero-order valence-corrected chi connectivity index (χ0v) is 9.57. The quantitative estimate of drug-likeness (QED) is 0.733. The number of aryl methyl sites for hydroxylation is 1. The van der Waals surface area contributed by atoms with E-state index in [4.69, 9.17) is 0 Å². The molecule has 1 rings (SSSR count). The minimum atomic E-state index is 0.190. The third-order valence-corrected chi connectivity index (χ3v) is 3.30. The van der Waals surface area contributed by atoms with Gasteiger partial charge in [0.1, 0.15) is 0 Å². The number of rotatable bonds is 3. The minimum Gasteiger partial charge on any atom is -0.303 e. The van der Waals surface area contributed by atoms with E-state index in [-0.39, 0.29) is 4.87 Å². The van der Waals surface area contributed by atoms with Crippen molar-refractivity contribution in [3.63, 3.8) is 0 Å². The maximum absolute atomic E-state index is 11.5. The van der Waals surface area contributed by atoms with Crippen LogP contribution < -0.4 is 4.87 Å². The van der Waals surface area contributed by atoms with Gasteiger partial charge in [-0.1, -0.05) is 25.2 Å². The summed E-state index contributed by atoms with van der Waals surface area (Å²) < 4.78 is 1.89. The van der Waals surface area contributed by atoms with E-state index in [1.807, 2.05) is 18.4 Å². The summed E-state index contributed by atoms with van der Waals surface area (Å²) in [5, 5.41) is 0. The average molecular weight is 199 g/mol. The average Bonchev–Trinajstić information content (AvgIpc) is 2.24. The molecule has 1 aromatic heterocycles. The van der Waals surface area contributed by atoms with E-state index in [0.29, 0.717) is 5.92 Å². The molecule has 1 heterocycles. The SMILES string of the molecule is Cc1sc(=O)n(CCC(C)C)c1C. The van der Waals surface area contributed by atoms with Crippen molar-refractivity contribution >= 4 is 11.3 Å². The molecule has 3 heteroatoms. The van der Waals surface area contributed by atoms with Crippen molar-refractivity contribution in [3.8, 4) is 0 Å². The Morgan fingerprint density at radius 3 is 2.38 bits per heavy atom. The maximum Gasteiger partial charge on any atom is 0.307 e. The third kappa shape index (κ3) is 2.44. The molecule has 0 radical (unpaired) electrons. The van der Waals surface area contributed by atoms with Crippen LogP contribution in [0.1, 0.15) is 30.8 Å². The molecule has 74 valence electrons. The van der Waals surface area contributed by atoms with Gasteiger partial charge in [-0.05, 0) is 26.2 Å². The summed E-state index contributed by atoms with van der Waals surface area (Å²) in [5.41, 5.74) is 1.13. The molecule has 0 unspecified atom stereocenters. The third-order valence-electron chi connectivity index (χ3n) is 2.31. The molecular formula is C10H17NOS. The lowest BCUT2D eigenvalue weighted by Gasteiger charge is -2.06. The Kier molecular flexibility index (Phi) is 3.31. The van der Waals surface area contributed by atoms with Crippen LogP contribution in [0.25, 0.3) is 0 Å². The van der Waals surface area contributed by atoms with Crippen molar-refractivity contribution < 1.29 is 0 Å². The number of nitrogens with zero attached hydrogens (tertiary/aromatic N) is 1. The molecule has 0 bridgehead atoms. The molecule has 0 aliphatic heterocycles. The van der Waals surface area contributed by atoms with Gasteiger partial charge in [0.25, 0.3) is 0 Å². The smallest absolute Gasteiger partial charge is 0.303 e. The Morgan fingerprint density at radius 1 is 1.38 bits per heavy atom. The summed E-state index contributed by atoms with van der Waals surface area (Å²) >= 11 is 1.35. The van der Waals surface area contributed by atoms with Gasteiger partial charge >= 0.3 is 4.87 Å². The fourth-order valence-electron chi connectivity index (χ4n) is 1.23. The molecule has 0 N–H and O–H groups in total. The van der Waals surface area contributed by atoms with Crippen LogP contribution in [0.15, 0.2) is 4.79 Å². The molecule has 0 aromatic carbocycles. The highest BCUT2D eigenvalue weighted by molar-refractivity contribution is 7.09. The second-order valence-electron chi connectivity index (χ2n) is 3.84. The summed E-state index contributed by atoms with van der Waals surface area (Å²) in [6.45, 7) is 9.26. The van der Waals surface area contributed by atoms with Gasteiger partial charge in [0.2, 0.25) is 0 Å². The van der Waals surface area contributed by atoms with Gasteiger partial charge < -0.3 is 4.57 Å². The van der Waals surface area contributed by atoms with Gasteiger partial charge in [-0.25, -0.2) is 0 Å². The lowest BCUT2D eigenvalue weighted by Crippen LogP contribution is -2.15. The number of aromatic nitrogens is 1. The van der Waals surface area contributed by atoms with Crippen molar-refractivity contribution in [1.82, 2.24) is 4.57 Å². The van der Waals surface area contributed by atoms with Gasteiger partial charge in [0, 0.05) is 17.1 Å². The topological polar surface area (TPSA) is 22.0 Å². The fourth-order valence-corrected chi connectivity index (χ4v) is 2.09. The van der Waals surface area contributed by atoms with Crippen LogP contribution in [0.2, 0.25) is 0 Å². The van der Waals surface area contributed by atoms with Crippen LogP contribution in [0.4, 0.5) is 0 Å². The Hall–Kier alpha value is -0.570. The highest BCUT2D eigenvalue weighted by Crippen LogP contribution is 2.11. The minimum absolute atomic E-state index is 0.190. The maximum atomic E-state index is 11.5. The van der Waals surface area contributed by atoms with Crippen LogP contribution in [-0.4, -0.2) is 4.57 Å². The van der Waals surface area contributed by atoms with E-state index < -0.39 is 0 Å². The summed E-state index contributed by atoms with van der Waals surface area (Å²) in [4.78, 5) is 12.8. The number of thiazole rings is 1. The molecule has 2 nitrogen and oxygen atoms in total. The molecule has 0 saturated heterocycles. The van der Waals surface area contributed by atoms with Crippen molar-refractivity contribution in [3.05, 3.63) is 20.2 Å². The molecular weight excluding hydrogens is 182 g/mol. The first-order valence-corrected chi connectivity index (χ1v) is 5.51. The largest absolute Gasteiger partial charge is 0.307 e. The molecule has 1 aromatic rings. The fraction of sp³-hybridized carbons (Fsp3) is 0.700. The summed E-state index contributed by atoms with van der Waals surface area (Å²) in [6, 6.07) is 0. The zero-order valence-electron chi connectivity index (χ0n) is 8.76. The standard InChI is InChI=1S/C10H17NOS/c1-7(2)5-6-11-8(3)9(4)13-10(11)12/h7H,5-6H2,1-4H3. The Balaban J connectivity index is 2.82. The van der Waals surface area contributed by atoms with Gasteiger partial charge in [0.05, 0.1) is 0 Å². The van der Waals surface area contributed by atoms with Gasteiger partial charge in [-0.3, -0.25) is 4.79 Å². The Morgan fingerprint density at radius 2 is 2.00 bits per heavy atom. The van der Waals surface area contributed by atoms with E-state index in [9.17, 15) is 4.79 Å². The molecule has 0 fully saturated rings. The van der Waals surface area contributed by atoms with E-state index in [2.05, 4.69) is 13.8 Å². The van der Waals surface area contributed by atoms with Crippen LogP contribution in [0.3, 0.4) is 0 Å². The second-order valence-corrected chi connectivity index (χ2v) is 5.01. The first-order chi connectivity index (χ1) is 6.02. The molecule has 0 aliphatic carbocycles. The summed E-state index contributed by atoms with van der Waals surface area (Å²) in [6.07, 6.45) is 1.08.